The summed E-state index contributed by atoms with van der Waals surface area (Å²) < 4.78 is 1.96. The molecule has 2 aromatic heterocycles. The summed E-state index contributed by atoms with van der Waals surface area (Å²) in [5.41, 5.74) is 2.66. The van der Waals surface area contributed by atoms with Crippen molar-refractivity contribution in [2.45, 2.75) is 31.7 Å². The summed E-state index contributed by atoms with van der Waals surface area (Å²) >= 11 is 0. The van der Waals surface area contributed by atoms with Crippen LogP contribution in [0.3, 0.4) is 0 Å². The molecule has 102 valence electrons. The second kappa shape index (κ2) is 4.78. The largest absolute Gasteiger partial charge is 0.361 e. The summed E-state index contributed by atoms with van der Waals surface area (Å²) in [6, 6.07) is 8.56. The van der Waals surface area contributed by atoms with Crippen LogP contribution in [0.2, 0.25) is 0 Å². The summed E-state index contributed by atoms with van der Waals surface area (Å²) in [4.78, 5) is 3.41. The van der Waals surface area contributed by atoms with Crippen LogP contribution in [0.1, 0.15) is 30.7 Å². The Morgan fingerprint density at radius 1 is 1.30 bits per heavy atom. The highest BCUT2D eigenvalue weighted by molar-refractivity contribution is 5.83. The van der Waals surface area contributed by atoms with Gasteiger partial charge in [-0.2, -0.15) is 0 Å². The number of H-pyrrole nitrogens is 1. The van der Waals surface area contributed by atoms with Gasteiger partial charge in [0.25, 0.3) is 0 Å². The Kier molecular flexibility index (Phi) is 2.80. The number of nitrogens with one attached hydrogen (secondary N) is 1. The summed E-state index contributed by atoms with van der Waals surface area (Å²) in [6.07, 6.45) is 9.93. The lowest BCUT2D eigenvalue weighted by Crippen LogP contribution is -2.24. The number of benzene rings is 1. The van der Waals surface area contributed by atoms with E-state index in [9.17, 15) is 0 Å². The Morgan fingerprint density at radius 2 is 2.20 bits per heavy atom. The fraction of sp³-hybridized carbons (Fsp3) is 0.375. The molecule has 1 aliphatic carbocycles. The van der Waals surface area contributed by atoms with E-state index >= 15 is 0 Å². The standard InChI is InChI=1S/C16H18N4/c1-2-7-16-13(6-1)14(10-17-16)15(12-4-3-5-12)11-20-9-8-18-19-20/h1-2,6-10,12,15,17H,3-5,11H2. The Hall–Kier alpha value is -2.10. The molecule has 3 aromatic rings. The van der Waals surface area contributed by atoms with Gasteiger partial charge in [0.2, 0.25) is 0 Å². The van der Waals surface area contributed by atoms with Crippen LogP contribution in [0.25, 0.3) is 10.9 Å². The minimum atomic E-state index is 0.529. The molecule has 4 rings (SSSR count). The summed E-state index contributed by atoms with van der Waals surface area (Å²) in [7, 11) is 0. The highest BCUT2D eigenvalue weighted by Gasteiger charge is 2.30. The average molecular weight is 266 g/mol. The minimum Gasteiger partial charge on any atom is -0.361 e. The number of aromatic amines is 1. The summed E-state index contributed by atoms with van der Waals surface area (Å²) in [5.74, 6) is 1.31. The third-order valence-corrected chi connectivity index (χ3v) is 4.60. The lowest BCUT2D eigenvalue weighted by molar-refractivity contribution is 0.238. The van der Waals surface area contributed by atoms with E-state index in [0.717, 1.165) is 12.5 Å². The molecule has 4 nitrogen and oxygen atoms in total. The highest BCUT2D eigenvalue weighted by Crippen LogP contribution is 2.42. The van der Waals surface area contributed by atoms with Gasteiger partial charge in [0, 0.05) is 35.8 Å². The second-order valence-corrected chi connectivity index (χ2v) is 5.71. The van der Waals surface area contributed by atoms with Gasteiger partial charge in [-0.3, -0.25) is 4.68 Å². The molecule has 1 fully saturated rings. The van der Waals surface area contributed by atoms with E-state index in [2.05, 4.69) is 45.8 Å². The van der Waals surface area contributed by atoms with Crippen molar-refractivity contribution < 1.29 is 0 Å². The molecule has 0 aliphatic heterocycles. The molecule has 0 radical (unpaired) electrons. The first-order chi connectivity index (χ1) is 9.92. The first-order valence-corrected chi connectivity index (χ1v) is 7.32. The van der Waals surface area contributed by atoms with Crippen molar-refractivity contribution in [3.63, 3.8) is 0 Å². The van der Waals surface area contributed by atoms with Crippen LogP contribution in [0.5, 0.6) is 0 Å². The molecule has 2 heterocycles. The molecule has 4 heteroatoms. The van der Waals surface area contributed by atoms with Gasteiger partial charge >= 0.3 is 0 Å². The third kappa shape index (κ3) is 1.92. The van der Waals surface area contributed by atoms with Crippen LogP contribution in [0.15, 0.2) is 42.9 Å². The van der Waals surface area contributed by atoms with Crippen molar-refractivity contribution in [1.29, 1.82) is 0 Å². The minimum absolute atomic E-state index is 0.529. The molecule has 0 spiro atoms. The van der Waals surface area contributed by atoms with Gasteiger partial charge in [-0.25, -0.2) is 0 Å². The summed E-state index contributed by atoms with van der Waals surface area (Å²) in [6.45, 7) is 0.923. The number of nitrogens with zero attached hydrogens (tertiary/aromatic N) is 3. The molecule has 0 bridgehead atoms. The van der Waals surface area contributed by atoms with Crippen molar-refractivity contribution in [2.75, 3.05) is 0 Å². The lowest BCUT2D eigenvalue weighted by Gasteiger charge is -2.33. The van der Waals surface area contributed by atoms with Crippen molar-refractivity contribution in [3.8, 4) is 0 Å². The van der Waals surface area contributed by atoms with Crippen LogP contribution in [0, 0.1) is 5.92 Å². The van der Waals surface area contributed by atoms with E-state index < -0.39 is 0 Å². The fourth-order valence-corrected chi connectivity index (χ4v) is 3.28. The quantitative estimate of drug-likeness (QED) is 0.787. The molecule has 1 saturated carbocycles. The second-order valence-electron chi connectivity index (χ2n) is 5.71. The molecule has 1 unspecified atom stereocenters. The molecule has 1 atom stereocenters. The van der Waals surface area contributed by atoms with Gasteiger partial charge in [-0.1, -0.05) is 29.8 Å². The molecule has 0 saturated heterocycles. The maximum absolute atomic E-state index is 4.14. The molecule has 1 N–H and O–H groups in total. The maximum atomic E-state index is 4.14. The highest BCUT2D eigenvalue weighted by atomic mass is 15.4. The van der Waals surface area contributed by atoms with E-state index in [-0.39, 0.29) is 0 Å². The Bertz CT molecular complexity index is 694. The topological polar surface area (TPSA) is 46.5 Å². The zero-order valence-electron chi connectivity index (χ0n) is 11.4. The first kappa shape index (κ1) is 11.7. The molecule has 1 aliphatic rings. The molecular weight excluding hydrogens is 248 g/mol. The summed E-state index contributed by atoms with van der Waals surface area (Å²) in [5, 5.41) is 9.42. The van der Waals surface area contributed by atoms with E-state index in [0.29, 0.717) is 5.92 Å². The van der Waals surface area contributed by atoms with E-state index in [1.54, 1.807) is 6.20 Å². The van der Waals surface area contributed by atoms with Crippen LogP contribution < -0.4 is 0 Å². The fourth-order valence-electron chi connectivity index (χ4n) is 3.28. The average Bonchev–Trinajstić information content (AvgIpc) is 3.04. The van der Waals surface area contributed by atoms with E-state index in [4.69, 9.17) is 0 Å². The van der Waals surface area contributed by atoms with Gasteiger partial charge in [-0.15, -0.1) is 5.10 Å². The molecule has 20 heavy (non-hydrogen) atoms. The van der Waals surface area contributed by atoms with Crippen molar-refractivity contribution in [3.05, 3.63) is 48.4 Å². The van der Waals surface area contributed by atoms with Crippen LogP contribution in [-0.2, 0) is 6.54 Å². The maximum Gasteiger partial charge on any atom is 0.0692 e. The number of para-hydroxylation sites is 1. The zero-order chi connectivity index (χ0) is 13.4. The SMILES string of the molecule is c1ccc2c(C(Cn3ccnn3)C3CCC3)c[nH]c2c1. The van der Waals surface area contributed by atoms with Gasteiger partial charge < -0.3 is 4.98 Å². The number of fused-ring (bicyclic) bond motifs is 1. The van der Waals surface area contributed by atoms with Crippen LogP contribution in [-0.4, -0.2) is 20.0 Å². The predicted molar refractivity (Wildman–Crippen MR) is 78.4 cm³/mol. The normalized spacial score (nSPS) is 17.2. The van der Waals surface area contributed by atoms with Crippen LogP contribution >= 0.6 is 0 Å². The van der Waals surface area contributed by atoms with Crippen LogP contribution in [0.4, 0.5) is 0 Å². The lowest BCUT2D eigenvalue weighted by atomic mass is 9.73. The van der Waals surface area contributed by atoms with Gasteiger partial charge in [0.15, 0.2) is 0 Å². The Labute approximate surface area is 117 Å². The van der Waals surface area contributed by atoms with E-state index in [1.165, 1.54) is 35.7 Å². The van der Waals surface area contributed by atoms with Crippen molar-refractivity contribution in [1.82, 2.24) is 20.0 Å². The molecule has 0 amide bonds. The van der Waals surface area contributed by atoms with Crippen molar-refractivity contribution in [2.24, 2.45) is 5.92 Å². The van der Waals surface area contributed by atoms with E-state index in [1.807, 2.05) is 10.9 Å². The third-order valence-electron chi connectivity index (χ3n) is 4.60. The zero-order valence-corrected chi connectivity index (χ0v) is 11.4. The van der Waals surface area contributed by atoms with Gasteiger partial charge in [0.05, 0.1) is 6.20 Å². The smallest absolute Gasteiger partial charge is 0.0692 e. The van der Waals surface area contributed by atoms with Crippen molar-refractivity contribution >= 4 is 10.9 Å². The number of hydrogen-bond donors (Lipinski definition) is 1. The predicted octanol–water partition coefficient (Wildman–Crippen LogP) is 3.34. The number of hydrogen-bond acceptors (Lipinski definition) is 2. The van der Waals surface area contributed by atoms with Gasteiger partial charge in [-0.05, 0) is 30.4 Å². The molecule has 1 aromatic carbocycles. The monoisotopic (exact) mass is 266 g/mol. The Balaban J connectivity index is 1.73. The number of rotatable bonds is 4. The number of aromatic nitrogens is 4. The molecular formula is C16H18N4. The van der Waals surface area contributed by atoms with Gasteiger partial charge in [0.1, 0.15) is 0 Å². The first-order valence-electron chi connectivity index (χ1n) is 7.32. The Morgan fingerprint density at radius 3 is 2.95 bits per heavy atom.